The molecule has 0 aliphatic carbocycles. The van der Waals surface area contributed by atoms with Gasteiger partial charge in [-0.15, -0.1) is 0 Å². The molecule has 1 aromatic carbocycles. The predicted molar refractivity (Wildman–Crippen MR) is 62.7 cm³/mol. The standard InChI is InChI=1S/C13H10F3NO2/c1-2-19-12(18)9-4-3-8-5-6-11(13(14,15)16)17-10(8)7-9/h3-7H,2H2,1H3. The minimum atomic E-state index is -4.51. The van der Waals surface area contributed by atoms with Crippen LogP contribution in [0.1, 0.15) is 23.0 Å². The van der Waals surface area contributed by atoms with E-state index in [9.17, 15) is 18.0 Å². The van der Waals surface area contributed by atoms with Gasteiger partial charge in [0.1, 0.15) is 5.69 Å². The van der Waals surface area contributed by atoms with Gasteiger partial charge in [-0.25, -0.2) is 9.78 Å². The second-order valence-corrected chi connectivity index (χ2v) is 3.82. The first-order valence-corrected chi connectivity index (χ1v) is 5.57. The first kappa shape index (κ1) is 13.3. The highest BCUT2D eigenvalue weighted by Gasteiger charge is 2.32. The van der Waals surface area contributed by atoms with Crippen LogP contribution in [0.25, 0.3) is 10.9 Å². The Hall–Kier alpha value is -2.11. The fraction of sp³-hybridized carbons (Fsp3) is 0.231. The first-order valence-electron chi connectivity index (χ1n) is 5.57. The lowest BCUT2D eigenvalue weighted by Gasteiger charge is -2.07. The van der Waals surface area contributed by atoms with Gasteiger partial charge < -0.3 is 4.74 Å². The topological polar surface area (TPSA) is 39.2 Å². The number of nitrogens with zero attached hydrogens (tertiary/aromatic N) is 1. The lowest BCUT2D eigenvalue weighted by atomic mass is 10.1. The SMILES string of the molecule is CCOC(=O)c1ccc2ccc(C(F)(F)F)nc2c1. The maximum Gasteiger partial charge on any atom is 0.433 e. The van der Waals surface area contributed by atoms with E-state index in [1.807, 2.05) is 0 Å². The summed E-state index contributed by atoms with van der Waals surface area (Å²) >= 11 is 0. The van der Waals surface area contributed by atoms with Crippen molar-refractivity contribution in [3.8, 4) is 0 Å². The van der Waals surface area contributed by atoms with Crippen LogP contribution in [0.3, 0.4) is 0 Å². The highest BCUT2D eigenvalue weighted by atomic mass is 19.4. The maximum absolute atomic E-state index is 12.5. The van der Waals surface area contributed by atoms with E-state index in [0.29, 0.717) is 5.39 Å². The number of aromatic nitrogens is 1. The highest BCUT2D eigenvalue weighted by Crippen LogP contribution is 2.29. The summed E-state index contributed by atoms with van der Waals surface area (Å²) in [5, 5.41) is 0.529. The number of pyridine rings is 1. The minimum absolute atomic E-state index is 0.111. The van der Waals surface area contributed by atoms with E-state index in [-0.39, 0.29) is 17.7 Å². The van der Waals surface area contributed by atoms with Crippen LogP contribution >= 0.6 is 0 Å². The number of hydrogen-bond donors (Lipinski definition) is 0. The molecule has 0 atom stereocenters. The molecule has 2 rings (SSSR count). The summed E-state index contributed by atoms with van der Waals surface area (Å²) in [5.41, 5.74) is -0.692. The van der Waals surface area contributed by atoms with E-state index in [1.165, 1.54) is 24.3 Å². The molecule has 100 valence electrons. The van der Waals surface area contributed by atoms with Crippen LogP contribution < -0.4 is 0 Å². The molecule has 0 radical (unpaired) electrons. The lowest BCUT2D eigenvalue weighted by Crippen LogP contribution is -2.08. The molecule has 0 amide bonds. The zero-order chi connectivity index (χ0) is 14.0. The summed E-state index contributed by atoms with van der Waals surface area (Å²) in [7, 11) is 0. The Labute approximate surface area is 107 Å². The molecule has 2 aromatic rings. The fourth-order valence-corrected chi connectivity index (χ4v) is 1.62. The number of carbonyl (C=O) groups excluding carboxylic acids is 1. The van der Waals surface area contributed by atoms with Crippen LogP contribution in [-0.2, 0) is 10.9 Å². The van der Waals surface area contributed by atoms with Gasteiger partial charge in [-0.3, -0.25) is 0 Å². The third-order valence-corrected chi connectivity index (χ3v) is 2.49. The Bertz CT molecular complexity index is 623. The van der Waals surface area contributed by atoms with E-state index >= 15 is 0 Å². The third kappa shape index (κ3) is 2.83. The summed E-state index contributed by atoms with van der Waals surface area (Å²) in [4.78, 5) is 15.0. The van der Waals surface area contributed by atoms with Crippen LogP contribution in [0.4, 0.5) is 13.2 Å². The smallest absolute Gasteiger partial charge is 0.433 e. The van der Waals surface area contributed by atoms with E-state index in [2.05, 4.69) is 4.98 Å². The van der Waals surface area contributed by atoms with Crippen molar-refractivity contribution < 1.29 is 22.7 Å². The first-order chi connectivity index (χ1) is 8.91. The number of hydrogen-bond acceptors (Lipinski definition) is 3. The molecule has 1 heterocycles. The van der Waals surface area contributed by atoms with Crippen LogP contribution in [0, 0.1) is 0 Å². The molecule has 0 fully saturated rings. The van der Waals surface area contributed by atoms with Crippen LogP contribution in [0.2, 0.25) is 0 Å². The number of alkyl halides is 3. The highest BCUT2D eigenvalue weighted by molar-refractivity contribution is 5.94. The van der Waals surface area contributed by atoms with Crippen molar-refractivity contribution >= 4 is 16.9 Å². The number of carbonyl (C=O) groups is 1. The molecule has 0 aliphatic rings. The van der Waals surface area contributed by atoms with E-state index in [0.717, 1.165) is 6.07 Å². The predicted octanol–water partition coefficient (Wildman–Crippen LogP) is 3.43. The normalized spacial score (nSPS) is 11.6. The molecule has 0 spiro atoms. The van der Waals surface area contributed by atoms with Crippen molar-refractivity contribution in [2.45, 2.75) is 13.1 Å². The van der Waals surface area contributed by atoms with Gasteiger partial charge in [0.05, 0.1) is 17.7 Å². The summed E-state index contributed by atoms with van der Waals surface area (Å²) in [6, 6.07) is 6.55. The fourth-order valence-electron chi connectivity index (χ4n) is 1.62. The molecule has 0 N–H and O–H groups in total. The van der Waals surface area contributed by atoms with E-state index < -0.39 is 17.8 Å². The number of benzene rings is 1. The number of halogens is 3. The second-order valence-electron chi connectivity index (χ2n) is 3.82. The van der Waals surface area contributed by atoms with Gasteiger partial charge >= 0.3 is 12.1 Å². The summed E-state index contributed by atoms with van der Waals surface area (Å²) < 4.78 is 42.4. The van der Waals surface area contributed by atoms with Crippen molar-refractivity contribution in [1.29, 1.82) is 0 Å². The Balaban J connectivity index is 2.48. The minimum Gasteiger partial charge on any atom is -0.462 e. The average Bonchev–Trinajstić information content (AvgIpc) is 2.36. The molecule has 0 unspecified atom stereocenters. The molecule has 19 heavy (non-hydrogen) atoms. The van der Waals surface area contributed by atoms with E-state index in [4.69, 9.17) is 4.74 Å². The molecular formula is C13H10F3NO2. The zero-order valence-corrected chi connectivity index (χ0v) is 9.99. The van der Waals surface area contributed by atoms with Gasteiger partial charge in [-0.05, 0) is 25.1 Å². The number of esters is 1. The van der Waals surface area contributed by atoms with Gasteiger partial charge in [0.25, 0.3) is 0 Å². The lowest BCUT2D eigenvalue weighted by molar-refractivity contribution is -0.140. The van der Waals surface area contributed by atoms with Crippen LogP contribution in [-0.4, -0.2) is 17.6 Å². The molecule has 0 bridgehead atoms. The van der Waals surface area contributed by atoms with Crippen molar-refractivity contribution in [1.82, 2.24) is 4.98 Å². The molecule has 1 aromatic heterocycles. The van der Waals surface area contributed by atoms with E-state index in [1.54, 1.807) is 6.92 Å². The van der Waals surface area contributed by atoms with Gasteiger partial charge in [-0.1, -0.05) is 12.1 Å². The Kier molecular flexibility index (Phi) is 3.42. The summed E-state index contributed by atoms with van der Waals surface area (Å²) in [6.07, 6.45) is -4.51. The number of rotatable bonds is 2. The summed E-state index contributed by atoms with van der Waals surface area (Å²) in [5.74, 6) is -0.580. The Morgan fingerprint density at radius 3 is 2.58 bits per heavy atom. The average molecular weight is 269 g/mol. The van der Waals surface area contributed by atoms with Crippen molar-refractivity contribution in [2.75, 3.05) is 6.61 Å². The molecule has 0 saturated carbocycles. The Morgan fingerprint density at radius 1 is 1.26 bits per heavy atom. The van der Waals surface area contributed by atoms with Gasteiger partial charge in [0, 0.05) is 5.39 Å². The maximum atomic E-state index is 12.5. The van der Waals surface area contributed by atoms with Crippen LogP contribution in [0.5, 0.6) is 0 Å². The van der Waals surface area contributed by atoms with Crippen LogP contribution in [0.15, 0.2) is 30.3 Å². The van der Waals surface area contributed by atoms with Gasteiger partial charge in [0.15, 0.2) is 0 Å². The molecular weight excluding hydrogens is 259 g/mol. The van der Waals surface area contributed by atoms with Crippen molar-refractivity contribution in [3.05, 3.63) is 41.6 Å². The monoisotopic (exact) mass is 269 g/mol. The van der Waals surface area contributed by atoms with Gasteiger partial charge in [0.2, 0.25) is 0 Å². The largest absolute Gasteiger partial charge is 0.462 e. The quantitative estimate of drug-likeness (QED) is 0.784. The van der Waals surface area contributed by atoms with Crippen molar-refractivity contribution in [2.24, 2.45) is 0 Å². The van der Waals surface area contributed by atoms with Gasteiger partial charge in [-0.2, -0.15) is 13.2 Å². The molecule has 6 heteroatoms. The number of fused-ring (bicyclic) bond motifs is 1. The Morgan fingerprint density at radius 2 is 1.95 bits per heavy atom. The molecule has 0 saturated heterocycles. The molecule has 0 aliphatic heterocycles. The van der Waals surface area contributed by atoms with Crippen molar-refractivity contribution in [3.63, 3.8) is 0 Å². The third-order valence-electron chi connectivity index (χ3n) is 2.49. The second kappa shape index (κ2) is 4.87. The summed E-state index contributed by atoms with van der Waals surface area (Å²) in [6.45, 7) is 1.85. The zero-order valence-electron chi connectivity index (χ0n) is 9.99. The molecule has 3 nitrogen and oxygen atoms in total. The number of ether oxygens (including phenoxy) is 1.